The molecule has 0 aliphatic carbocycles. The van der Waals surface area contributed by atoms with Crippen LogP contribution >= 0.6 is 11.8 Å². The fraction of sp³-hybridized carbons (Fsp3) is 0.467. The number of aromatic nitrogens is 4. The number of carbonyl (C=O) groups is 1. The number of hydrogen-bond acceptors (Lipinski definition) is 6. The van der Waals surface area contributed by atoms with E-state index in [0.29, 0.717) is 17.6 Å². The minimum absolute atomic E-state index is 0.0424. The van der Waals surface area contributed by atoms with Crippen molar-refractivity contribution in [3.8, 4) is 5.75 Å². The summed E-state index contributed by atoms with van der Waals surface area (Å²) in [6.07, 6.45) is -4.79. The number of nitrogens with zero attached hydrogens (tertiary/aromatic N) is 4. The lowest BCUT2D eigenvalue weighted by atomic mass is 10.2. The summed E-state index contributed by atoms with van der Waals surface area (Å²) >= 11 is 1.16. The maximum atomic E-state index is 12.4. The lowest BCUT2D eigenvalue weighted by Gasteiger charge is -2.13. The second-order valence-corrected chi connectivity index (χ2v) is 6.70. The summed E-state index contributed by atoms with van der Waals surface area (Å²) in [5.41, 5.74) is 0.229. The number of tetrazole rings is 1. The first kappa shape index (κ1) is 20.0. The first-order valence-corrected chi connectivity index (χ1v) is 8.72. The molecule has 142 valence electrons. The van der Waals surface area contributed by atoms with E-state index in [1.54, 1.807) is 10.7 Å². The lowest BCUT2D eigenvalue weighted by Crippen LogP contribution is -2.26. The number of para-hydroxylation sites is 1. The number of rotatable bonds is 8. The lowest BCUT2D eigenvalue weighted by molar-refractivity contribution is -0.274. The number of carbonyl (C=O) groups excluding carboxylic acids is 1. The largest absolute Gasteiger partial charge is 0.573 e. The predicted octanol–water partition coefficient (Wildman–Crippen LogP) is 2.64. The molecule has 0 atom stereocenters. The normalized spacial score (nSPS) is 11.6. The van der Waals surface area contributed by atoms with E-state index in [0.717, 1.165) is 11.8 Å². The van der Waals surface area contributed by atoms with Crippen LogP contribution in [0.25, 0.3) is 0 Å². The molecule has 0 saturated carbocycles. The molecule has 1 heterocycles. The van der Waals surface area contributed by atoms with Gasteiger partial charge in [0, 0.05) is 18.7 Å². The Hall–Kier alpha value is -2.30. The Labute approximate surface area is 152 Å². The standard InChI is InChI=1S/C15H18F3N5O2S/c1-10(2)8-23-14(20-21-22-23)26-9-13(24)19-7-11-5-3-4-6-12(11)25-15(16,17)18/h3-6,10H,7-9H2,1-2H3,(H,19,24). The highest BCUT2D eigenvalue weighted by Gasteiger charge is 2.31. The van der Waals surface area contributed by atoms with Gasteiger partial charge in [-0.15, -0.1) is 18.3 Å². The predicted molar refractivity (Wildman–Crippen MR) is 88.4 cm³/mol. The van der Waals surface area contributed by atoms with Gasteiger partial charge < -0.3 is 10.1 Å². The molecule has 0 aliphatic heterocycles. The third-order valence-corrected chi connectivity index (χ3v) is 4.00. The average molecular weight is 389 g/mol. The second kappa shape index (κ2) is 8.88. The molecule has 7 nitrogen and oxygen atoms in total. The molecule has 0 unspecified atom stereocenters. The van der Waals surface area contributed by atoms with Crippen LogP contribution in [0, 0.1) is 5.92 Å². The van der Waals surface area contributed by atoms with Crippen LogP contribution in [-0.4, -0.2) is 38.2 Å². The quantitative estimate of drug-likeness (QED) is 0.699. The van der Waals surface area contributed by atoms with Crippen molar-refractivity contribution in [2.24, 2.45) is 5.92 Å². The van der Waals surface area contributed by atoms with Gasteiger partial charge in [-0.1, -0.05) is 43.8 Å². The number of alkyl halides is 3. The summed E-state index contributed by atoms with van der Waals surface area (Å²) < 4.78 is 42.7. The van der Waals surface area contributed by atoms with Gasteiger partial charge in [0.2, 0.25) is 11.1 Å². The fourth-order valence-corrected chi connectivity index (χ4v) is 2.73. The van der Waals surface area contributed by atoms with Crippen LogP contribution in [0.15, 0.2) is 29.4 Å². The molecule has 0 bridgehead atoms. The SMILES string of the molecule is CC(C)Cn1nnnc1SCC(=O)NCc1ccccc1OC(F)(F)F. The number of thioether (sulfide) groups is 1. The van der Waals surface area contributed by atoms with E-state index in [1.165, 1.54) is 18.2 Å². The van der Waals surface area contributed by atoms with Gasteiger partial charge in [-0.05, 0) is 22.4 Å². The molecule has 2 aromatic rings. The molecule has 2 rings (SSSR count). The van der Waals surface area contributed by atoms with Crippen LogP contribution in [0.4, 0.5) is 13.2 Å². The Morgan fingerprint density at radius 2 is 2.08 bits per heavy atom. The monoisotopic (exact) mass is 389 g/mol. The molecule has 0 saturated heterocycles. The summed E-state index contributed by atoms with van der Waals surface area (Å²) in [6.45, 7) is 4.58. The van der Waals surface area contributed by atoms with Crippen molar-refractivity contribution in [1.29, 1.82) is 0 Å². The molecule has 1 aromatic carbocycles. The summed E-state index contributed by atoms with van der Waals surface area (Å²) in [4.78, 5) is 12.0. The minimum atomic E-state index is -4.79. The molecule has 0 radical (unpaired) electrons. The van der Waals surface area contributed by atoms with Gasteiger partial charge in [-0.2, -0.15) is 0 Å². The van der Waals surface area contributed by atoms with E-state index < -0.39 is 6.36 Å². The van der Waals surface area contributed by atoms with Gasteiger partial charge in [0.15, 0.2) is 0 Å². The third kappa shape index (κ3) is 6.54. The molecular formula is C15H18F3N5O2S. The van der Waals surface area contributed by atoms with Crippen molar-refractivity contribution in [1.82, 2.24) is 25.5 Å². The summed E-state index contributed by atoms with van der Waals surface area (Å²) in [5.74, 6) is -0.303. The van der Waals surface area contributed by atoms with Gasteiger partial charge in [0.05, 0.1) is 5.75 Å². The second-order valence-electron chi connectivity index (χ2n) is 5.76. The van der Waals surface area contributed by atoms with Crippen LogP contribution in [0.3, 0.4) is 0 Å². The molecule has 1 amide bonds. The van der Waals surface area contributed by atoms with Crippen LogP contribution < -0.4 is 10.1 Å². The molecule has 11 heteroatoms. The molecule has 0 fully saturated rings. The van der Waals surface area contributed by atoms with E-state index in [-0.39, 0.29) is 29.5 Å². The van der Waals surface area contributed by atoms with E-state index in [4.69, 9.17) is 0 Å². The molecule has 1 N–H and O–H groups in total. The fourth-order valence-electron chi connectivity index (χ4n) is 2.01. The van der Waals surface area contributed by atoms with E-state index in [2.05, 4.69) is 25.6 Å². The highest BCUT2D eigenvalue weighted by Crippen LogP contribution is 2.26. The number of benzene rings is 1. The number of ether oxygens (including phenoxy) is 1. The first-order valence-electron chi connectivity index (χ1n) is 7.74. The van der Waals surface area contributed by atoms with E-state index in [1.807, 2.05) is 13.8 Å². The summed E-state index contributed by atoms with van der Waals surface area (Å²) in [6, 6.07) is 5.65. The maximum absolute atomic E-state index is 12.4. The van der Waals surface area contributed by atoms with Gasteiger partial charge in [0.1, 0.15) is 5.75 Å². The Kier molecular flexibility index (Phi) is 6.83. The van der Waals surface area contributed by atoms with Crippen LogP contribution in [0.2, 0.25) is 0 Å². The van der Waals surface area contributed by atoms with Crippen molar-refractivity contribution < 1.29 is 22.7 Å². The smallest absolute Gasteiger partial charge is 0.405 e. The van der Waals surface area contributed by atoms with Crippen molar-refractivity contribution in [3.05, 3.63) is 29.8 Å². The van der Waals surface area contributed by atoms with E-state index >= 15 is 0 Å². The van der Waals surface area contributed by atoms with Gasteiger partial charge in [-0.25, -0.2) is 4.68 Å². The Morgan fingerprint density at radius 3 is 2.77 bits per heavy atom. The Balaban J connectivity index is 1.87. The van der Waals surface area contributed by atoms with Crippen LogP contribution in [0.1, 0.15) is 19.4 Å². The van der Waals surface area contributed by atoms with Gasteiger partial charge in [-0.3, -0.25) is 4.79 Å². The zero-order valence-corrected chi connectivity index (χ0v) is 15.0. The first-order chi connectivity index (χ1) is 12.2. The average Bonchev–Trinajstić information content (AvgIpc) is 2.97. The molecule has 26 heavy (non-hydrogen) atoms. The zero-order valence-electron chi connectivity index (χ0n) is 14.2. The Bertz CT molecular complexity index is 736. The zero-order chi connectivity index (χ0) is 19.2. The third-order valence-electron chi connectivity index (χ3n) is 3.04. The number of hydrogen-bond donors (Lipinski definition) is 1. The minimum Gasteiger partial charge on any atom is -0.405 e. The van der Waals surface area contributed by atoms with Crippen molar-refractivity contribution in [2.45, 2.75) is 38.5 Å². The van der Waals surface area contributed by atoms with Gasteiger partial charge >= 0.3 is 6.36 Å². The summed E-state index contributed by atoms with van der Waals surface area (Å²) in [7, 11) is 0. The number of amides is 1. The van der Waals surface area contributed by atoms with Crippen LogP contribution in [-0.2, 0) is 17.9 Å². The van der Waals surface area contributed by atoms with Crippen molar-refractivity contribution >= 4 is 17.7 Å². The molecule has 0 aliphatic rings. The Morgan fingerprint density at radius 1 is 1.35 bits per heavy atom. The number of halogens is 3. The highest BCUT2D eigenvalue weighted by atomic mass is 32.2. The molecule has 0 spiro atoms. The van der Waals surface area contributed by atoms with E-state index in [9.17, 15) is 18.0 Å². The molecular weight excluding hydrogens is 371 g/mol. The number of nitrogens with one attached hydrogen (secondary N) is 1. The molecule has 1 aromatic heterocycles. The van der Waals surface area contributed by atoms with Crippen LogP contribution in [0.5, 0.6) is 5.75 Å². The highest BCUT2D eigenvalue weighted by molar-refractivity contribution is 7.99. The van der Waals surface area contributed by atoms with Gasteiger partial charge in [0.25, 0.3) is 0 Å². The summed E-state index contributed by atoms with van der Waals surface area (Å²) in [5, 5.41) is 14.4. The topological polar surface area (TPSA) is 81.9 Å². The van der Waals surface area contributed by atoms with Crippen molar-refractivity contribution in [3.63, 3.8) is 0 Å². The van der Waals surface area contributed by atoms with Crippen molar-refractivity contribution in [2.75, 3.05) is 5.75 Å². The maximum Gasteiger partial charge on any atom is 0.573 e.